The predicted octanol–water partition coefficient (Wildman–Crippen LogP) is 3.04. The Morgan fingerprint density at radius 1 is 1.15 bits per heavy atom. The molecule has 0 bridgehead atoms. The molecule has 5 nitrogen and oxygen atoms in total. The van der Waals surface area contributed by atoms with E-state index in [9.17, 15) is 9.90 Å². The van der Waals surface area contributed by atoms with Gasteiger partial charge in [0.15, 0.2) is 0 Å². The van der Waals surface area contributed by atoms with Gasteiger partial charge < -0.3 is 14.7 Å². The Kier molecular flexibility index (Phi) is 4.64. The molecule has 1 fully saturated rings. The van der Waals surface area contributed by atoms with Crippen molar-refractivity contribution in [1.82, 2.24) is 9.88 Å². The lowest BCUT2D eigenvalue weighted by Gasteiger charge is -2.26. The molecule has 0 unspecified atom stereocenters. The zero-order valence-corrected chi connectivity index (χ0v) is 15.4. The first-order chi connectivity index (χ1) is 13.0. The first-order valence-corrected chi connectivity index (χ1v) is 9.04. The number of aromatic nitrogens is 1. The van der Waals surface area contributed by atoms with Crippen molar-refractivity contribution in [2.24, 2.45) is 0 Å². The number of rotatable bonds is 3. The van der Waals surface area contributed by atoms with E-state index in [0.717, 1.165) is 22.2 Å². The highest BCUT2D eigenvalue weighted by Crippen LogP contribution is 2.27. The molecule has 1 N–H and O–H groups in total. The molecule has 1 amide bonds. The first-order valence-electron chi connectivity index (χ1n) is 9.04. The summed E-state index contributed by atoms with van der Waals surface area (Å²) in [5, 5.41) is 10.9. The van der Waals surface area contributed by atoms with Crippen molar-refractivity contribution in [1.29, 1.82) is 0 Å². The molecule has 0 spiro atoms. The maximum Gasteiger partial charge on any atom is 0.254 e. The Hall–Kier alpha value is -2.76. The first kappa shape index (κ1) is 17.6. The smallest absolute Gasteiger partial charge is 0.254 e. The molecular formula is C22H22N2O3. The number of aryl methyl sites for hydroxylation is 1. The molecular weight excluding hydrogens is 340 g/mol. The molecule has 0 saturated carbocycles. The van der Waals surface area contributed by atoms with E-state index in [4.69, 9.17) is 9.72 Å². The Bertz CT molecular complexity index is 985. The molecule has 1 aliphatic heterocycles. The number of amides is 1. The number of para-hydroxylation sites is 1. The second-order valence-electron chi connectivity index (χ2n) is 7.03. The average Bonchev–Trinajstić information content (AvgIpc) is 3.12. The number of hydrogen-bond acceptors (Lipinski definition) is 4. The number of ether oxygens (including phenoxy) is 1. The fourth-order valence-electron chi connectivity index (χ4n) is 3.47. The molecule has 2 heterocycles. The number of fused-ring (bicyclic) bond motifs is 1. The molecule has 2 aromatic carbocycles. The number of nitrogens with zero attached hydrogens (tertiary/aromatic N) is 2. The fourth-order valence-corrected chi connectivity index (χ4v) is 3.47. The molecule has 1 aromatic heterocycles. The van der Waals surface area contributed by atoms with Crippen LogP contribution in [0.5, 0.6) is 0 Å². The number of aliphatic hydroxyl groups excluding tert-OH is 1. The van der Waals surface area contributed by atoms with Gasteiger partial charge in [-0.1, -0.05) is 48.0 Å². The zero-order valence-electron chi connectivity index (χ0n) is 15.4. The third kappa shape index (κ3) is 3.31. The van der Waals surface area contributed by atoms with Crippen molar-refractivity contribution in [2.75, 3.05) is 20.3 Å². The molecule has 4 rings (SSSR count). The number of likely N-dealkylation sites (N-methyl/N-ethyl adjacent to an activating group) is 1. The van der Waals surface area contributed by atoms with E-state index < -0.39 is 6.10 Å². The van der Waals surface area contributed by atoms with E-state index >= 15 is 0 Å². The predicted molar refractivity (Wildman–Crippen MR) is 105 cm³/mol. The molecule has 0 aliphatic carbocycles. The second kappa shape index (κ2) is 7.10. The monoisotopic (exact) mass is 362 g/mol. The lowest BCUT2D eigenvalue weighted by molar-refractivity contribution is 0.0583. The molecule has 0 radical (unpaired) electrons. The lowest BCUT2D eigenvalue weighted by atomic mass is 10.0. The van der Waals surface area contributed by atoms with Crippen LogP contribution in [0.25, 0.3) is 22.2 Å². The largest absolute Gasteiger partial charge is 0.388 e. The quantitative estimate of drug-likeness (QED) is 0.778. The number of pyridine rings is 1. The van der Waals surface area contributed by atoms with Crippen molar-refractivity contribution >= 4 is 16.8 Å². The number of carbonyl (C=O) groups is 1. The molecule has 3 aromatic rings. The van der Waals surface area contributed by atoms with Gasteiger partial charge in [-0.15, -0.1) is 0 Å². The van der Waals surface area contributed by atoms with Crippen LogP contribution >= 0.6 is 0 Å². The standard InChI is InChI=1S/C22H22N2O3/c1-14-7-9-15(10-8-14)19-11-17(16-5-3-4-6-18(16)23-19)22(26)24(2)20-12-27-13-21(20)25/h3-11,20-21,25H,12-13H2,1-2H3/t20-,21-/m1/s1. The number of aliphatic hydroxyl groups is 1. The van der Waals surface area contributed by atoms with Gasteiger partial charge in [-0.25, -0.2) is 4.98 Å². The minimum atomic E-state index is -0.663. The Labute approximate surface area is 158 Å². The van der Waals surface area contributed by atoms with E-state index in [-0.39, 0.29) is 18.6 Å². The Morgan fingerprint density at radius 2 is 1.89 bits per heavy atom. The third-order valence-electron chi connectivity index (χ3n) is 5.13. The highest BCUT2D eigenvalue weighted by molar-refractivity contribution is 6.07. The van der Waals surface area contributed by atoms with Crippen LogP contribution in [0, 0.1) is 6.92 Å². The summed E-state index contributed by atoms with van der Waals surface area (Å²) in [7, 11) is 1.71. The summed E-state index contributed by atoms with van der Waals surface area (Å²) >= 11 is 0. The highest BCUT2D eigenvalue weighted by atomic mass is 16.5. The van der Waals surface area contributed by atoms with Gasteiger partial charge in [0.05, 0.1) is 42.1 Å². The van der Waals surface area contributed by atoms with Crippen LogP contribution in [0.15, 0.2) is 54.6 Å². The summed E-state index contributed by atoms with van der Waals surface area (Å²) in [6.45, 7) is 2.64. The van der Waals surface area contributed by atoms with Gasteiger partial charge in [0.1, 0.15) is 0 Å². The minimum absolute atomic E-state index is 0.142. The van der Waals surface area contributed by atoms with Crippen LogP contribution in [0.1, 0.15) is 15.9 Å². The van der Waals surface area contributed by atoms with Gasteiger partial charge in [0.2, 0.25) is 0 Å². The molecule has 27 heavy (non-hydrogen) atoms. The normalized spacial score (nSPS) is 19.4. The topological polar surface area (TPSA) is 62.7 Å². The zero-order chi connectivity index (χ0) is 19.0. The maximum atomic E-state index is 13.3. The van der Waals surface area contributed by atoms with E-state index in [2.05, 4.69) is 0 Å². The molecule has 138 valence electrons. The van der Waals surface area contributed by atoms with Gasteiger partial charge in [-0.05, 0) is 19.1 Å². The van der Waals surface area contributed by atoms with Crippen molar-refractivity contribution in [3.8, 4) is 11.3 Å². The summed E-state index contributed by atoms with van der Waals surface area (Å²) in [6, 6.07) is 17.2. The second-order valence-corrected chi connectivity index (χ2v) is 7.03. The lowest BCUT2D eigenvalue weighted by Crippen LogP contribution is -2.44. The number of benzene rings is 2. The van der Waals surface area contributed by atoms with Gasteiger partial charge >= 0.3 is 0 Å². The fraction of sp³-hybridized carbons (Fsp3) is 0.273. The minimum Gasteiger partial charge on any atom is -0.388 e. The molecule has 1 aliphatic rings. The van der Waals surface area contributed by atoms with Crippen molar-refractivity contribution in [3.63, 3.8) is 0 Å². The summed E-state index contributed by atoms with van der Waals surface area (Å²) < 4.78 is 5.31. The van der Waals surface area contributed by atoms with Crippen LogP contribution in [-0.2, 0) is 4.74 Å². The van der Waals surface area contributed by atoms with Gasteiger partial charge in [0, 0.05) is 18.0 Å². The third-order valence-corrected chi connectivity index (χ3v) is 5.13. The summed E-state index contributed by atoms with van der Waals surface area (Å²) in [5.41, 5.74) is 4.25. The molecule has 1 saturated heterocycles. The van der Waals surface area contributed by atoms with Gasteiger partial charge in [-0.2, -0.15) is 0 Å². The molecule has 2 atom stereocenters. The van der Waals surface area contributed by atoms with Gasteiger partial charge in [-0.3, -0.25) is 4.79 Å². The van der Waals surface area contributed by atoms with Crippen LogP contribution in [0.3, 0.4) is 0 Å². The summed E-state index contributed by atoms with van der Waals surface area (Å²) in [6.07, 6.45) is -0.663. The van der Waals surface area contributed by atoms with Crippen LogP contribution in [0.4, 0.5) is 0 Å². The Morgan fingerprint density at radius 3 is 2.59 bits per heavy atom. The van der Waals surface area contributed by atoms with Crippen LogP contribution in [-0.4, -0.2) is 53.3 Å². The SMILES string of the molecule is Cc1ccc(-c2cc(C(=O)N(C)[C@@H]3COC[C@H]3O)c3ccccc3n2)cc1. The summed E-state index contributed by atoms with van der Waals surface area (Å²) in [5.74, 6) is -0.142. The Balaban J connectivity index is 1.81. The van der Waals surface area contributed by atoms with Crippen LogP contribution < -0.4 is 0 Å². The van der Waals surface area contributed by atoms with E-state index in [1.165, 1.54) is 5.56 Å². The maximum absolute atomic E-state index is 13.3. The van der Waals surface area contributed by atoms with Gasteiger partial charge in [0.25, 0.3) is 5.91 Å². The van der Waals surface area contributed by atoms with Crippen molar-refractivity contribution in [2.45, 2.75) is 19.1 Å². The average molecular weight is 362 g/mol. The number of carbonyl (C=O) groups excluding carboxylic acids is 1. The van der Waals surface area contributed by atoms with Crippen molar-refractivity contribution in [3.05, 3.63) is 65.7 Å². The number of hydrogen-bond donors (Lipinski definition) is 1. The van der Waals surface area contributed by atoms with Crippen LogP contribution in [0.2, 0.25) is 0 Å². The highest BCUT2D eigenvalue weighted by Gasteiger charge is 2.33. The van der Waals surface area contributed by atoms with Crippen molar-refractivity contribution < 1.29 is 14.6 Å². The van der Waals surface area contributed by atoms with E-state index in [0.29, 0.717) is 12.2 Å². The summed E-state index contributed by atoms with van der Waals surface area (Å²) in [4.78, 5) is 19.6. The molecule has 5 heteroatoms. The van der Waals surface area contributed by atoms with E-state index in [1.807, 2.05) is 61.5 Å². The van der Waals surface area contributed by atoms with E-state index in [1.54, 1.807) is 11.9 Å².